The summed E-state index contributed by atoms with van der Waals surface area (Å²) in [6.45, 7) is 3.70. The van der Waals surface area contributed by atoms with Gasteiger partial charge in [-0.25, -0.2) is 12.8 Å². The van der Waals surface area contributed by atoms with E-state index in [9.17, 15) is 22.4 Å². The van der Waals surface area contributed by atoms with Gasteiger partial charge < -0.3 is 15.0 Å². The molecule has 2 rings (SSSR count). The normalized spacial score (nSPS) is 12.0. The van der Waals surface area contributed by atoms with E-state index in [4.69, 9.17) is 4.74 Å². The molecule has 1 atom stereocenters. The fraction of sp³-hybridized carbons (Fsp3) is 0.417. The van der Waals surface area contributed by atoms with Gasteiger partial charge in [-0.1, -0.05) is 30.3 Å². The van der Waals surface area contributed by atoms with Crippen molar-refractivity contribution in [3.63, 3.8) is 0 Å². The van der Waals surface area contributed by atoms with Crippen molar-refractivity contribution in [2.75, 3.05) is 30.8 Å². The van der Waals surface area contributed by atoms with E-state index in [-0.39, 0.29) is 43.3 Å². The summed E-state index contributed by atoms with van der Waals surface area (Å²) >= 11 is 0. The average Bonchev–Trinajstić information content (AvgIpc) is 2.80. The monoisotopic (exact) mass is 493 g/mol. The number of amides is 2. The van der Waals surface area contributed by atoms with E-state index >= 15 is 0 Å². The largest absolute Gasteiger partial charge is 0.492 e. The molecule has 10 heteroatoms. The van der Waals surface area contributed by atoms with Crippen LogP contribution in [0.3, 0.4) is 0 Å². The Kier molecular flexibility index (Phi) is 9.85. The van der Waals surface area contributed by atoms with Crippen LogP contribution in [0.25, 0.3) is 0 Å². The fourth-order valence-corrected chi connectivity index (χ4v) is 4.49. The van der Waals surface area contributed by atoms with E-state index in [1.807, 2.05) is 0 Å². The van der Waals surface area contributed by atoms with E-state index < -0.39 is 21.9 Å². The minimum Gasteiger partial charge on any atom is -0.492 e. The summed E-state index contributed by atoms with van der Waals surface area (Å²) in [5.74, 6) is -0.810. The van der Waals surface area contributed by atoms with Crippen molar-refractivity contribution in [2.24, 2.45) is 0 Å². The summed E-state index contributed by atoms with van der Waals surface area (Å²) in [5.41, 5.74) is 0.677. The summed E-state index contributed by atoms with van der Waals surface area (Å²) in [6.07, 6.45) is 1.26. The SMILES string of the molecule is CCOc1ccccc1N(CCCC(=O)N(Cc1ccccc1F)[C@H](C)C(=O)NC)S(C)(=O)=O. The highest BCUT2D eigenvalue weighted by atomic mass is 32.2. The van der Waals surface area contributed by atoms with Crippen molar-refractivity contribution in [3.05, 3.63) is 59.9 Å². The van der Waals surface area contributed by atoms with Crippen LogP contribution in [-0.2, 0) is 26.2 Å². The maximum Gasteiger partial charge on any atom is 0.242 e. The Morgan fingerprint density at radius 2 is 1.76 bits per heavy atom. The summed E-state index contributed by atoms with van der Waals surface area (Å²) < 4.78 is 46.0. The van der Waals surface area contributed by atoms with Gasteiger partial charge >= 0.3 is 0 Å². The van der Waals surface area contributed by atoms with Crippen LogP contribution in [0.15, 0.2) is 48.5 Å². The molecule has 0 spiro atoms. The van der Waals surface area contributed by atoms with Gasteiger partial charge in [-0.3, -0.25) is 13.9 Å². The van der Waals surface area contributed by atoms with Crippen molar-refractivity contribution in [2.45, 2.75) is 39.3 Å². The molecule has 2 aromatic rings. The van der Waals surface area contributed by atoms with Crippen molar-refractivity contribution in [3.8, 4) is 5.75 Å². The van der Waals surface area contributed by atoms with E-state index in [0.717, 1.165) is 6.26 Å². The van der Waals surface area contributed by atoms with E-state index in [1.54, 1.807) is 56.3 Å². The number of ether oxygens (including phenoxy) is 1. The molecule has 0 saturated carbocycles. The molecule has 0 aromatic heterocycles. The van der Waals surface area contributed by atoms with Crippen LogP contribution in [0.1, 0.15) is 32.3 Å². The molecule has 0 aliphatic carbocycles. The zero-order valence-electron chi connectivity index (χ0n) is 20.0. The number of para-hydroxylation sites is 2. The second-order valence-electron chi connectivity index (χ2n) is 7.74. The molecule has 0 fully saturated rings. The van der Waals surface area contributed by atoms with Crippen molar-refractivity contribution in [1.82, 2.24) is 10.2 Å². The van der Waals surface area contributed by atoms with Gasteiger partial charge in [0.15, 0.2) is 0 Å². The van der Waals surface area contributed by atoms with Crippen LogP contribution in [0.4, 0.5) is 10.1 Å². The highest BCUT2D eigenvalue weighted by Crippen LogP contribution is 2.30. The van der Waals surface area contributed by atoms with Crippen molar-refractivity contribution < 1.29 is 27.1 Å². The highest BCUT2D eigenvalue weighted by Gasteiger charge is 2.27. The second kappa shape index (κ2) is 12.4. The Morgan fingerprint density at radius 3 is 2.38 bits per heavy atom. The third-order valence-electron chi connectivity index (χ3n) is 5.30. The van der Waals surface area contributed by atoms with Gasteiger partial charge in [0.1, 0.15) is 17.6 Å². The molecule has 0 unspecified atom stereocenters. The predicted octanol–water partition coefficient (Wildman–Crippen LogP) is 2.93. The Labute approximate surface area is 200 Å². The first-order valence-corrected chi connectivity index (χ1v) is 12.9. The molecule has 34 heavy (non-hydrogen) atoms. The zero-order chi connectivity index (χ0) is 25.3. The first-order chi connectivity index (χ1) is 16.1. The van der Waals surface area contributed by atoms with Gasteiger partial charge in [-0.15, -0.1) is 0 Å². The number of nitrogens with zero attached hydrogens (tertiary/aromatic N) is 2. The molecule has 0 aliphatic heterocycles. The lowest BCUT2D eigenvalue weighted by Gasteiger charge is -2.29. The van der Waals surface area contributed by atoms with Gasteiger partial charge in [-0.05, 0) is 38.5 Å². The van der Waals surface area contributed by atoms with Crippen molar-refractivity contribution in [1.29, 1.82) is 0 Å². The molecule has 0 aliphatic rings. The molecule has 186 valence electrons. The smallest absolute Gasteiger partial charge is 0.242 e. The first kappa shape index (κ1) is 27.1. The van der Waals surface area contributed by atoms with Crippen LogP contribution >= 0.6 is 0 Å². The number of benzene rings is 2. The van der Waals surface area contributed by atoms with E-state index in [0.29, 0.717) is 18.0 Å². The molecular weight excluding hydrogens is 461 g/mol. The molecule has 0 saturated heterocycles. The number of sulfonamides is 1. The molecule has 1 N–H and O–H groups in total. The number of halogens is 1. The molecule has 0 bridgehead atoms. The van der Waals surface area contributed by atoms with Crippen LogP contribution in [0.5, 0.6) is 5.75 Å². The lowest BCUT2D eigenvalue weighted by atomic mass is 10.1. The molecular formula is C24H32FN3O5S. The minimum absolute atomic E-state index is 0.0292. The van der Waals surface area contributed by atoms with Gasteiger partial charge in [0.2, 0.25) is 21.8 Å². The third kappa shape index (κ3) is 7.18. The highest BCUT2D eigenvalue weighted by molar-refractivity contribution is 7.92. The number of hydrogen-bond acceptors (Lipinski definition) is 5. The number of likely N-dealkylation sites (N-methyl/N-ethyl adjacent to an activating group) is 1. The lowest BCUT2D eigenvalue weighted by molar-refractivity contribution is -0.140. The lowest BCUT2D eigenvalue weighted by Crippen LogP contribution is -2.47. The number of carbonyl (C=O) groups is 2. The van der Waals surface area contributed by atoms with Crippen LogP contribution < -0.4 is 14.4 Å². The van der Waals surface area contributed by atoms with Gasteiger partial charge in [0.25, 0.3) is 0 Å². The second-order valence-corrected chi connectivity index (χ2v) is 9.65. The van der Waals surface area contributed by atoms with Gasteiger partial charge in [0, 0.05) is 32.1 Å². The Morgan fingerprint density at radius 1 is 1.12 bits per heavy atom. The van der Waals surface area contributed by atoms with E-state index in [2.05, 4.69) is 5.32 Å². The molecule has 0 radical (unpaired) electrons. The molecule has 0 heterocycles. The topological polar surface area (TPSA) is 96.0 Å². The number of rotatable bonds is 12. The predicted molar refractivity (Wildman–Crippen MR) is 130 cm³/mol. The Hall–Kier alpha value is -3.14. The maximum atomic E-state index is 14.2. The van der Waals surface area contributed by atoms with E-state index in [1.165, 1.54) is 22.3 Å². The standard InChI is InChI=1S/C24H32FN3O5S/c1-5-33-22-14-9-8-13-21(22)28(34(4,31)32)16-10-15-23(29)27(18(2)24(30)26-3)17-19-11-6-7-12-20(19)25/h6-9,11-14,18H,5,10,15-17H2,1-4H3,(H,26,30)/t18-/m1/s1. The number of carbonyl (C=O) groups excluding carboxylic acids is 2. The summed E-state index contributed by atoms with van der Waals surface area (Å²) in [7, 11) is -2.19. The number of hydrogen-bond donors (Lipinski definition) is 1. The maximum absolute atomic E-state index is 14.2. The summed E-state index contributed by atoms with van der Waals surface area (Å²) in [4.78, 5) is 26.6. The number of nitrogens with one attached hydrogen (secondary N) is 1. The minimum atomic E-state index is -3.65. The average molecular weight is 494 g/mol. The molecule has 8 nitrogen and oxygen atoms in total. The summed E-state index contributed by atoms with van der Waals surface area (Å²) in [6, 6.07) is 12.0. The number of anilines is 1. The van der Waals surface area contributed by atoms with Crippen LogP contribution in [0.2, 0.25) is 0 Å². The van der Waals surface area contributed by atoms with Crippen LogP contribution in [-0.4, -0.2) is 57.6 Å². The quantitative estimate of drug-likeness (QED) is 0.491. The van der Waals surface area contributed by atoms with Crippen molar-refractivity contribution >= 4 is 27.5 Å². The van der Waals surface area contributed by atoms with Gasteiger partial charge in [0.05, 0.1) is 18.6 Å². The zero-order valence-corrected chi connectivity index (χ0v) is 20.8. The Balaban J connectivity index is 2.20. The molecule has 2 amide bonds. The van der Waals surface area contributed by atoms with Gasteiger partial charge in [-0.2, -0.15) is 0 Å². The third-order valence-corrected chi connectivity index (χ3v) is 6.48. The summed E-state index contributed by atoms with van der Waals surface area (Å²) in [5, 5.41) is 2.51. The Bertz CT molecular complexity index is 1090. The molecule has 2 aromatic carbocycles. The first-order valence-electron chi connectivity index (χ1n) is 11.0. The fourth-order valence-electron chi connectivity index (χ4n) is 3.52. The van der Waals surface area contributed by atoms with Crippen LogP contribution in [0, 0.1) is 5.82 Å².